The van der Waals surface area contributed by atoms with E-state index in [2.05, 4.69) is 36.4 Å². The lowest BCUT2D eigenvalue weighted by Gasteiger charge is -2.18. The van der Waals surface area contributed by atoms with Crippen LogP contribution in [-0.4, -0.2) is 9.97 Å². The maximum Gasteiger partial charge on any atom is 0.132 e. The molecule has 0 saturated carbocycles. The van der Waals surface area contributed by atoms with Crippen LogP contribution in [0.5, 0.6) is 0 Å². The van der Waals surface area contributed by atoms with Crippen molar-refractivity contribution in [3.8, 4) is 33.6 Å². The van der Waals surface area contributed by atoms with Crippen LogP contribution in [0.25, 0.3) is 77.0 Å². The Morgan fingerprint density at radius 3 is 1.21 bits per heavy atom. The molecule has 0 saturated heterocycles. The van der Waals surface area contributed by atoms with Gasteiger partial charge in [0.25, 0.3) is 0 Å². The van der Waals surface area contributed by atoms with Crippen molar-refractivity contribution in [2.75, 3.05) is 0 Å². The second-order valence-corrected chi connectivity index (χ2v) is 10.4. The van der Waals surface area contributed by atoms with E-state index in [1.54, 1.807) is 36.4 Å². The molecule has 0 bridgehead atoms. The first-order chi connectivity index (χ1) is 20.7. The SMILES string of the molecule is Fc1ccccc1-c1nc2ccc3ccccc3c2cc1-c1cc2c(ccc3ccccc32)nc1-c1ccccc1F. The Labute approximate surface area is 240 Å². The number of rotatable bonds is 3. The molecule has 0 N–H and O–H groups in total. The Bertz CT molecular complexity index is 2180. The standard InChI is InChI=1S/C38H22F2N2/c39-33-15-7-5-13-27(33)37-31(21-29-25-11-3-1-9-23(25)17-19-35(29)41-37)32-22-30-26-12-4-2-10-24(26)18-20-36(30)42-38(32)28-14-6-8-16-34(28)40/h1-22H. The molecule has 8 rings (SSSR count). The number of hydrogen-bond acceptors (Lipinski definition) is 2. The fraction of sp³-hybridized carbons (Fsp3) is 0. The van der Waals surface area contributed by atoms with E-state index in [0.29, 0.717) is 33.6 Å². The second-order valence-electron chi connectivity index (χ2n) is 10.4. The zero-order valence-corrected chi connectivity index (χ0v) is 22.4. The van der Waals surface area contributed by atoms with E-state index in [0.717, 1.165) is 43.4 Å². The number of nitrogens with zero attached hydrogens (tertiary/aromatic N) is 2. The summed E-state index contributed by atoms with van der Waals surface area (Å²) in [6.45, 7) is 0. The van der Waals surface area contributed by atoms with Crippen molar-refractivity contribution in [3.05, 3.63) is 145 Å². The van der Waals surface area contributed by atoms with Crippen molar-refractivity contribution in [3.63, 3.8) is 0 Å². The highest BCUT2D eigenvalue weighted by molar-refractivity contribution is 6.12. The van der Waals surface area contributed by atoms with Crippen LogP contribution in [0.4, 0.5) is 8.78 Å². The van der Waals surface area contributed by atoms with Gasteiger partial charge in [-0.3, -0.25) is 0 Å². The maximum absolute atomic E-state index is 15.5. The molecule has 0 spiro atoms. The summed E-state index contributed by atoms with van der Waals surface area (Å²) in [7, 11) is 0. The van der Waals surface area contributed by atoms with Crippen molar-refractivity contribution >= 4 is 43.4 Å². The summed E-state index contributed by atoms with van der Waals surface area (Å²) in [5, 5.41) is 6.09. The van der Waals surface area contributed by atoms with Crippen LogP contribution in [0.1, 0.15) is 0 Å². The van der Waals surface area contributed by atoms with E-state index in [1.807, 2.05) is 48.5 Å². The number of pyridine rings is 2. The Morgan fingerprint density at radius 2 is 0.762 bits per heavy atom. The summed E-state index contributed by atoms with van der Waals surface area (Å²) in [5.41, 5.74) is 4.59. The molecule has 0 amide bonds. The van der Waals surface area contributed by atoms with E-state index in [4.69, 9.17) is 9.97 Å². The Hall–Kier alpha value is -5.48. The minimum atomic E-state index is -0.377. The van der Waals surface area contributed by atoms with Gasteiger partial charge in [0, 0.05) is 33.0 Å². The summed E-state index contributed by atoms with van der Waals surface area (Å²) in [6, 6.07) is 41.7. The Morgan fingerprint density at radius 1 is 0.357 bits per heavy atom. The molecule has 42 heavy (non-hydrogen) atoms. The van der Waals surface area contributed by atoms with Crippen LogP contribution in [0.3, 0.4) is 0 Å². The molecule has 8 aromatic rings. The molecule has 0 aliphatic rings. The van der Waals surface area contributed by atoms with Crippen molar-refractivity contribution in [2.45, 2.75) is 0 Å². The van der Waals surface area contributed by atoms with Crippen LogP contribution in [0.15, 0.2) is 133 Å². The fourth-order valence-electron chi connectivity index (χ4n) is 5.98. The molecular formula is C38H22F2N2. The van der Waals surface area contributed by atoms with Gasteiger partial charge in [-0.25, -0.2) is 18.7 Å². The van der Waals surface area contributed by atoms with Gasteiger partial charge in [-0.1, -0.05) is 84.9 Å². The third-order valence-electron chi connectivity index (χ3n) is 8.00. The van der Waals surface area contributed by atoms with Crippen molar-refractivity contribution < 1.29 is 8.78 Å². The maximum atomic E-state index is 15.5. The average molecular weight is 545 g/mol. The van der Waals surface area contributed by atoms with Crippen LogP contribution in [-0.2, 0) is 0 Å². The molecular weight excluding hydrogens is 522 g/mol. The minimum Gasteiger partial charge on any atom is -0.247 e. The van der Waals surface area contributed by atoms with Crippen LogP contribution < -0.4 is 0 Å². The monoisotopic (exact) mass is 544 g/mol. The zero-order chi connectivity index (χ0) is 28.2. The van der Waals surface area contributed by atoms with Gasteiger partial charge < -0.3 is 0 Å². The van der Waals surface area contributed by atoms with Gasteiger partial charge >= 0.3 is 0 Å². The van der Waals surface area contributed by atoms with Gasteiger partial charge in [0.2, 0.25) is 0 Å². The third kappa shape index (κ3) is 3.84. The van der Waals surface area contributed by atoms with E-state index in [-0.39, 0.29) is 11.6 Å². The number of halogens is 2. The van der Waals surface area contributed by atoms with Gasteiger partial charge in [-0.05, 0) is 70.1 Å². The van der Waals surface area contributed by atoms with Crippen molar-refractivity contribution in [2.24, 2.45) is 0 Å². The first-order valence-electron chi connectivity index (χ1n) is 13.8. The van der Waals surface area contributed by atoms with E-state index in [9.17, 15) is 0 Å². The van der Waals surface area contributed by atoms with Gasteiger partial charge in [0.05, 0.1) is 22.4 Å². The van der Waals surface area contributed by atoms with Gasteiger partial charge in [0.15, 0.2) is 0 Å². The molecule has 0 unspecified atom stereocenters. The lowest BCUT2D eigenvalue weighted by Crippen LogP contribution is -1.99. The lowest BCUT2D eigenvalue weighted by molar-refractivity contribution is 0.630. The highest BCUT2D eigenvalue weighted by Gasteiger charge is 2.22. The van der Waals surface area contributed by atoms with Crippen LogP contribution in [0, 0.1) is 11.6 Å². The molecule has 2 aromatic heterocycles. The predicted octanol–water partition coefficient (Wildman–Crippen LogP) is 10.4. The Kier molecular flexibility index (Phi) is 5.54. The number of hydrogen-bond donors (Lipinski definition) is 0. The second kappa shape index (κ2) is 9.57. The fourth-order valence-corrected chi connectivity index (χ4v) is 5.98. The smallest absolute Gasteiger partial charge is 0.132 e. The number of aromatic nitrogens is 2. The summed E-state index contributed by atoms with van der Waals surface area (Å²) >= 11 is 0. The van der Waals surface area contributed by atoms with E-state index < -0.39 is 0 Å². The normalized spacial score (nSPS) is 11.6. The number of benzene rings is 6. The molecule has 0 aliphatic heterocycles. The van der Waals surface area contributed by atoms with E-state index in [1.165, 1.54) is 12.1 Å². The van der Waals surface area contributed by atoms with Crippen LogP contribution >= 0.6 is 0 Å². The summed E-state index contributed by atoms with van der Waals surface area (Å²) in [6.07, 6.45) is 0. The first-order valence-corrected chi connectivity index (χ1v) is 13.8. The minimum absolute atomic E-state index is 0.375. The third-order valence-corrected chi connectivity index (χ3v) is 8.00. The largest absolute Gasteiger partial charge is 0.247 e. The lowest BCUT2D eigenvalue weighted by atomic mass is 9.91. The summed E-state index contributed by atoms with van der Waals surface area (Å²) in [5.74, 6) is -0.754. The van der Waals surface area contributed by atoms with Crippen molar-refractivity contribution in [1.82, 2.24) is 9.97 Å². The van der Waals surface area contributed by atoms with Gasteiger partial charge in [-0.2, -0.15) is 0 Å². The molecule has 2 heterocycles. The van der Waals surface area contributed by atoms with Gasteiger partial charge in [-0.15, -0.1) is 0 Å². The summed E-state index contributed by atoms with van der Waals surface area (Å²) in [4.78, 5) is 10.1. The highest BCUT2D eigenvalue weighted by atomic mass is 19.1. The zero-order valence-electron chi connectivity index (χ0n) is 22.4. The number of fused-ring (bicyclic) bond motifs is 6. The average Bonchev–Trinajstić information content (AvgIpc) is 3.04. The summed E-state index contributed by atoms with van der Waals surface area (Å²) < 4.78 is 30.9. The first kappa shape index (κ1) is 24.3. The van der Waals surface area contributed by atoms with E-state index >= 15 is 8.78 Å². The molecule has 6 aromatic carbocycles. The molecule has 4 heteroatoms. The molecule has 0 atom stereocenters. The predicted molar refractivity (Wildman–Crippen MR) is 168 cm³/mol. The van der Waals surface area contributed by atoms with Gasteiger partial charge in [0.1, 0.15) is 11.6 Å². The van der Waals surface area contributed by atoms with Crippen molar-refractivity contribution in [1.29, 1.82) is 0 Å². The molecule has 198 valence electrons. The highest BCUT2D eigenvalue weighted by Crippen LogP contribution is 2.42. The Balaban J connectivity index is 1.57. The molecule has 0 aliphatic carbocycles. The topological polar surface area (TPSA) is 25.8 Å². The molecule has 2 nitrogen and oxygen atoms in total. The van der Waals surface area contributed by atoms with Crippen LogP contribution in [0.2, 0.25) is 0 Å². The quantitative estimate of drug-likeness (QED) is 0.207. The molecule has 0 radical (unpaired) electrons. The molecule has 0 fully saturated rings.